The summed E-state index contributed by atoms with van der Waals surface area (Å²) < 4.78 is 28.6. The summed E-state index contributed by atoms with van der Waals surface area (Å²) in [4.78, 5) is 12.1. The molecule has 1 amide bonds. The summed E-state index contributed by atoms with van der Waals surface area (Å²) in [6.07, 6.45) is 0.769. The van der Waals surface area contributed by atoms with Crippen molar-refractivity contribution in [2.24, 2.45) is 0 Å². The van der Waals surface area contributed by atoms with Crippen molar-refractivity contribution in [3.63, 3.8) is 0 Å². The monoisotopic (exact) mass is 367 g/mol. The van der Waals surface area contributed by atoms with Crippen LogP contribution < -0.4 is 19.5 Å². The molecule has 25 heavy (non-hydrogen) atoms. The summed E-state index contributed by atoms with van der Waals surface area (Å²) in [7, 11) is 2.98. The summed E-state index contributed by atoms with van der Waals surface area (Å²) in [5.74, 6) is 0.939. The van der Waals surface area contributed by atoms with Crippen LogP contribution in [0.1, 0.15) is 12.8 Å². The molecule has 0 aliphatic heterocycles. The Hall–Kier alpha value is -2.47. The average Bonchev–Trinajstić information content (AvgIpc) is 2.61. The molecule has 0 unspecified atom stereocenters. The van der Waals surface area contributed by atoms with Gasteiger partial charge in [-0.15, -0.1) is 0 Å². The van der Waals surface area contributed by atoms with E-state index >= 15 is 0 Å². The van der Waals surface area contributed by atoms with Crippen molar-refractivity contribution in [1.82, 2.24) is 0 Å². The average molecular weight is 368 g/mol. The molecule has 0 spiro atoms. The van der Waals surface area contributed by atoms with Crippen LogP contribution in [0.2, 0.25) is 5.02 Å². The molecular formula is C18H19ClFNO4. The normalized spacial score (nSPS) is 10.2. The highest BCUT2D eigenvalue weighted by Gasteiger charge is 2.12. The van der Waals surface area contributed by atoms with E-state index < -0.39 is 0 Å². The van der Waals surface area contributed by atoms with Crippen molar-refractivity contribution in [3.05, 3.63) is 47.2 Å². The van der Waals surface area contributed by atoms with E-state index in [4.69, 9.17) is 25.8 Å². The number of carbonyl (C=O) groups excluding carboxylic acids is 1. The summed E-state index contributed by atoms with van der Waals surface area (Å²) in [5.41, 5.74) is 0.480. The Kier molecular flexibility index (Phi) is 6.89. The Morgan fingerprint density at radius 1 is 1.12 bits per heavy atom. The fourth-order valence-electron chi connectivity index (χ4n) is 2.12. The molecule has 0 aliphatic rings. The number of nitrogens with one attached hydrogen (secondary N) is 1. The maximum absolute atomic E-state index is 12.8. The molecule has 134 valence electrons. The topological polar surface area (TPSA) is 56.8 Å². The van der Waals surface area contributed by atoms with Crippen LogP contribution in [0.3, 0.4) is 0 Å². The van der Waals surface area contributed by atoms with Crippen LogP contribution in [0.15, 0.2) is 36.4 Å². The fraction of sp³-hybridized carbons (Fsp3) is 0.278. The maximum atomic E-state index is 12.8. The predicted octanol–water partition coefficient (Wildman–Crippen LogP) is 4.29. The van der Waals surface area contributed by atoms with Gasteiger partial charge in [0.15, 0.2) is 0 Å². The van der Waals surface area contributed by atoms with E-state index in [1.165, 1.54) is 26.4 Å². The zero-order valence-electron chi connectivity index (χ0n) is 14.0. The first-order valence-corrected chi connectivity index (χ1v) is 8.01. The van der Waals surface area contributed by atoms with Crippen molar-refractivity contribution < 1.29 is 23.4 Å². The van der Waals surface area contributed by atoms with Crippen LogP contribution >= 0.6 is 11.6 Å². The fourth-order valence-corrected chi connectivity index (χ4v) is 2.36. The van der Waals surface area contributed by atoms with Crippen LogP contribution in [-0.4, -0.2) is 26.7 Å². The molecule has 0 atom stereocenters. The zero-order valence-corrected chi connectivity index (χ0v) is 14.7. The summed E-state index contributed by atoms with van der Waals surface area (Å²) in [6, 6.07) is 8.91. The minimum Gasteiger partial charge on any atom is -0.495 e. The molecule has 0 heterocycles. The van der Waals surface area contributed by atoms with Gasteiger partial charge in [0.25, 0.3) is 0 Å². The van der Waals surface area contributed by atoms with Gasteiger partial charge in [-0.05, 0) is 30.7 Å². The van der Waals surface area contributed by atoms with Gasteiger partial charge in [-0.2, -0.15) is 0 Å². The van der Waals surface area contributed by atoms with E-state index in [1.807, 2.05) is 0 Å². The molecule has 0 radical (unpaired) electrons. The molecule has 7 heteroatoms. The van der Waals surface area contributed by atoms with E-state index in [2.05, 4.69) is 5.32 Å². The van der Waals surface area contributed by atoms with Gasteiger partial charge in [-0.3, -0.25) is 4.79 Å². The van der Waals surface area contributed by atoms with E-state index in [1.54, 1.807) is 24.3 Å². The van der Waals surface area contributed by atoms with Crippen LogP contribution in [0.5, 0.6) is 17.2 Å². The first-order chi connectivity index (χ1) is 12.0. The highest BCUT2D eigenvalue weighted by Crippen LogP contribution is 2.35. The second-order valence-electron chi connectivity index (χ2n) is 5.14. The first kappa shape index (κ1) is 18.9. The van der Waals surface area contributed by atoms with Crippen molar-refractivity contribution in [2.45, 2.75) is 12.8 Å². The molecule has 0 aromatic heterocycles. The minimum atomic E-state index is -0.320. The lowest BCUT2D eigenvalue weighted by atomic mass is 10.2. The first-order valence-electron chi connectivity index (χ1n) is 7.63. The standard InChI is InChI=1S/C18H19ClFNO4/c1-23-16-11-15(17(24-2)10-14(16)19)21-18(22)4-3-9-25-13-7-5-12(20)6-8-13/h5-8,10-11H,3-4,9H2,1-2H3,(H,21,22). The molecule has 0 saturated heterocycles. The number of benzene rings is 2. The van der Waals surface area contributed by atoms with Gasteiger partial charge in [-0.1, -0.05) is 11.6 Å². The van der Waals surface area contributed by atoms with Crippen molar-refractivity contribution in [2.75, 3.05) is 26.1 Å². The van der Waals surface area contributed by atoms with Crippen molar-refractivity contribution in [1.29, 1.82) is 0 Å². The van der Waals surface area contributed by atoms with Gasteiger partial charge in [0, 0.05) is 18.6 Å². The van der Waals surface area contributed by atoms with Crippen LogP contribution in [-0.2, 0) is 4.79 Å². The highest BCUT2D eigenvalue weighted by molar-refractivity contribution is 6.32. The van der Waals surface area contributed by atoms with Crippen molar-refractivity contribution in [3.8, 4) is 17.2 Å². The molecule has 0 saturated carbocycles. The van der Waals surface area contributed by atoms with Gasteiger partial charge in [0.1, 0.15) is 23.1 Å². The largest absolute Gasteiger partial charge is 0.495 e. The summed E-state index contributed by atoms with van der Waals surface area (Å²) >= 11 is 6.03. The molecule has 0 fully saturated rings. The molecule has 1 N–H and O–H groups in total. The SMILES string of the molecule is COc1cc(NC(=O)CCCOc2ccc(F)cc2)c(OC)cc1Cl. The lowest BCUT2D eigenvalue weighted by molar-refractivity contribution is -0.116. The quantitative estimate of drug-likeness (QED) is 0.707. The third-order valence-electron chi connectivity index (χ3n) is 3.38. The van der Waals surface area contributed by atoms with E-state index in [0.29, 0.717) is 41.0 Å². The molecule has 0 aliphatic carbocycles. The Bertz CT molecular complexity index is 722. The van der Waals surface area contributed by atoms with Crippen molar-refractivity contribution >= 4 is 23.2 Å². The maximum Gasteiger partial charge on any atom is 0.224 e. The number of hydrogen-bond acceptors (Lipinski definition) is 4. The molecular weight excluding hydrogens is 349 g/mol. The van der Waals surface area contributed by atoms with Crippen LogP contribution in [0.25, 0.3) is 0 Å². The molecule has 5 nitrogen and oxygen atoms in total. The second-order valence-corrected chi connectivity index (χ2v) is 5.55. The minimum absolute atomic E-state index is 0.189. The zero-order chi connectivity index (χ0) is 18.2. The molecule has 2 aromatic rings. The summed E-state index contributed by atoms with van der Waals surface area (Å²) in [5, 5.41) is 3.16. The Balaban J connectivity index is 1.84. The number of methoxy groups -OCH3 is 2. The number of hydrogen-bond donors (Lipinski definition) is 1. The second kappa shape index (κ2) is 9.13. The van der Waals surface area contributed by atoms with E-state index in [9.17, 15) is 9.18 Å². The van der Waals surface area contributed by atoms with Gasteiger partial charge < -0.3 is 19.5 Å². The van der Waals surface area contributed by atoms with E-state index in [-0.39, 0.29) is 18.1 Å². The molecule has 2 rings (SSSR count). The Morgan fingerprint density at radius 3 is 2.44 bits per heavy atom. The van der Waals surface area contributed by atoms with Gasteiger partial charge >= 0.3 is 0 Å². The van der Waals surface area contributed by atoms with Gasteiger partial charge in [0.05, 0.1) is 31.5 Å². The number of carbonyl (C=O) groups is 1. The number of ether oxygens (including phenoxy) is 3. The smallest absolute Gasteiger partial charge is 0.224 e. The predicted molar refractivity (Wildman–Crippen MR) is 94.3 cm³/mol. The number of halogens is 2. The lowest BCUT2D eigenvalue weighted by Crippen LogP contribution is -2.13. The number of rotatable bonds is 8. The van der Waals surface area contributed by atoms with Crippen LogP contribution in [0.4, 0.5) is 10.1 Å². The van der Waals surface area contributed by atoms with Gasteiger partial charge in [-0.25, -0.2) is 4.39 Å². The van der Waals surface area contributed by atoms with E-state index in [0.717, 1.165) is 0 Å². The van der Waals surface area contributed by atoms with Gasteiger partial charge in [0.2, 0.25) is 5.91 Å². The molecule has 2 aromatic carbocycles. The Morgan fingerprint density at radius 2 is 1.80 bits per heavy atom. The number of amides is 1. The summed E-state index contributed by atoms with van der Waals surface area (Å²) in [6.45, 7) is 0.347. The lowest BCUT2D eigenvalue weighted by Gasteiger charge is -2.13. The Labute approximate surface area is 150 Å². The molecule has 0 bridgehead atoms. The number of anilines is 1. The van der Waals surface area contributed by atoms with Crippen LogP contribution in [0, 0.1) is 5.82 Å². The third kappa shape index (κ3) is 5.53. The third-order valence-corrected chi connectivity index (χ3v) is 3.67. The highest BCUT2D eigenvalue weighted by atomic mass is 35.5.